The molecule has 0 rings (SSSR count). The molecule has 0 aliphatic heterocycles. The summed E-state index contributed by atoms with van der Waals surface area (Å²) in [4.78, 5) is 37.4. The summed E-state index contributed by atoms with van der Waals surface area (Å²) in [5.41, 5.74) is 0. The van der Waals surface area contributed by atoms with Crippen LogP contribution in [0.25, 0.3) is 0 Å². The van der Waals surface area contributed by atoms with Crippen LogP contribution < -0.4 is 0 Å². The summed E-state index contributed by atoms with van der Waals surface area (Å²) in [6.45, 7) is 6.38. The maximum atomic E-state index is 12.6. The van der Waals surface area contributed by atoms with Crippen molar-refractivity contribution in [3.05, 3.63) is 97.2 Å². The molecule has 6 heteroatoms. The lowest BCUT2D eigenvalue weighted by molar-refractivity contribution is -0.167. The van der Waals surface area contributed by atoms with Gasteiger partial charge in [-0.15, -0.1) is 0 Å². The van der Waals surface area contributed by atoms with Crippen molar-refractivity contribution in [2.45, 2.75) is 245 Å². The Labute approximate surface area is 400 Å². The lowest BCUT2D eigenvalue weighted by atomic mass is 10.1. The van der Waals surface area contributed by atoms with Gasteiger partial charge >= 0.3 is 17.9 Å². The van der Waals surface area contributed by atoms with E-state index in [-0.39, 0.29) is 31.1 Å². The molecule has 0 aromatic carbocycles. The molecule has 65 heavy (non-hydrogen) atoms. The van der Waals surface area contributed by atoms with E-state index in [0.717, 1.165) is 116 Å². The molecule has 6 nitrogen and oxygen atoms in total. The van der Waals surface area contributed by atoms with E-state index in [2.05, 4.69) is 118 Å². The van der Waals surface area contributed by atoms with Gasteiger partial charge in [-0.05, 0) is 83.5 Å². The van der Waals surface area contributed by atoms with Crippen molar-refractivity contribution in [2.24, 2.45) is 0 Å². The maximum Gasteiger partial charge on any atom is 0.306 e. The SMILES string of the molecule is CC/C=C\C/C=C\C/C=C\C/C=C\C/C=C\C/C=C\C/C=C\C/C=C\CCCCCCCCCCCCC(=O)OCC(COC(=O)CCCCCCC)OC(=O)CCCCCCCCC. The molecule has 0 saturated heterocycles. The zero-order chi connectivity index (χ0) is 47.2. The molecule has 0 aliphatic carbocycles. The topological polar surface area (TPSA) is 78.9 Å². The Morgan fingerprint density at radius 3 is 0.938 bits per heavy atom. The van der Waals surface area contributed by atoms with E-state index < -0.39 is 6.10 Å². The Balaban J connectivity index is 3.91. The maximum absolute atomic E-state index is 12.6. The Bertz CT molecular complexity index is 1310. The molecule has 0 heterocycles. The molecule has 1 atom stereocenters. The van der Waals surface area contributed by atoms with Crippen LogP contribution in [0.4, 0.5) is 0 Å². The third kappa shape index (κ3) is 51.2. The summed E-state index contributed by atoms with van der Waals surface area (Å²) < 4.78 is 16.6. The van der Waals surface area contributed by atoms with Crippen molar-refractivity contribution in [3.63, 3.8) is 0 Å². The Hall–Kier alpha value is -3.67. The van der Waals surface area contributed by atoms with Crippen LogP contribution in [0.1, 0.15) is 239 Å². The van der Waals surface area contributed by atoms with Crippen molar-refractivity contribution >= 4 is 17.9 Å². The van der Waals surface area contributed by atoms with Gasteiger partial charge in [0.25, 0.3) is 0 Å². The van der Waals surface area contributed by atoms with Crippen molar-refractivity contribution in [1.29, 1.82) is 0 Å². The minimum atomic E-state index is -0.769. The van der Waals surface area contributed by atoms with E-state index >= 15 is 0 Å². The van der Waals surface area contributed by atoms with Crippen LogP contribution in [0, 0.1) is 0 Å². The predicted octanol–water partition coefficient (Wildman–Crippen LogP) is 17.8. The molecular formula is C59H98O6. The number of carbonyl (C=O) groups is 3. The number of esters is 3. The first-order valence-electron chi connectivity index (χ1n) is 26.7. The highest BCUT2D eigenvalue weighted by Gasteiger charge is 2.19. The van der Waals surface area contributed by atoms with E-state index in [0.29, 0.717) is 19.3 Å². The molecule has 0 aromatic heterocycles. The van der Waals surface area contributed by atoms with Crippen LogP contribution in [0.3, 0.4) is 0 Å². The quantitative estimate of drug-likeness (QED) is 0.0262. The van der Waals surface area contributed by atoms with Crippen molar-refractivity contribution < 1.29 is 28.6 Å². The second-order valence-electron chi connectivity index (χ2n) is 17.4. The average Bonchev–Trinajstić information content (AvgIpc) is 3.30. The first-order chi connectivity index (χ1) is 32.0. The van der Waals surface area contributed by atoms with Crippen LogP contribution in [-0.4, -0.2) is 37.2 Å². The van der Waals surface area contributed by atoms with Crippen LogP contribution in [-0.2, 0) is 28.6 Å². The number of ether oxygens (including phenoxy) is 3. The largest absolute Gasteiger partial charge is 0.462 e. The van der Waals surface area contributed by atoms with Crippen LogP contribution in [0.5, 0.6) is 0 Å². The number of allylic oxidation sites excluding steroid dienone is 16. The second kappa shape index (κ2) is 52.9. The van der Waals surface area contributed by atoms with E-state index in [9.17, 15) is 14.4 Å². The minimum absolute atomic E-state index is 0.0774. The van der Waals surface area contributed by atoms with Crippen molar-refractivity contribution in [1.82, 2.24) is 0 Å². The Kier molecular flexibility index (Phi) is 50.0. The molecule has 0 bridgehead atoms. The number of hydrogen-bond acceptors (Lipinski definition) is 6. The summed E-state index contributed by atoms with van der Waals surface area (Å²) in [5, 5.41) is 0. The van der Waals surface area contributed by atoms with Gasteiger partial charge in [0.1, 0.15) is 13.2 Å². The lowest BCUT2D eigenvalue weighted by Gasteiger charge is -2.18. The highest BCUT2D eigenvalue weighted by Crippen LogP contribution is 2.14. The molecule has 0 aromatic rings. The van der Waals surface area contributed by atoms with Gasteiger partial charge in [-0.2, -0.15) is 0 Å². The van der Waals surface area contributed by atoms with Gasteiger partial charge < -0.3 is 14.2 Å². The monoisotopic (exact) mass is 903 g/mol. The van der Waals surface area contributed by atoms with Crippen molar-refractivity contribution in [3.8, 4) is 0 Å². The molecule has 1 unspecified atom stereocenters. The second-order valence-corrected chi connectivity index (χ2v) is 17.4. The first kappa shape index (κ1) is 61.3. The fraction of sp³-hybridized carbons (Fsp3) is 0.678. The lowest BCUT2D eigenvalue weighted by Crippen LogP contribution is -2.30. The fourth-order valence-electron chi connectivity index (χ4n) is 7.10. The third-order valence-corrected chi connectivity index (χ3v) is 11.1. The van der Waals surface area contributed by atoms with Crippen LogP contribution in [0.2, 0.25) is 0 Å². The van der Waals surface area contributed by atoms with Crippen LogP contribution >= 0.6 is 0 Å². The summed E-state index contributed by atoms with van der Waals surface area (Å²) in [5.74, 6) is -0.906. The molecule has 0 aliphatic rings. The predicted molar refractivity (Wildman–Crippen MR) is 279 cm³/mol. The normalized spacial score (nSPS) is 12.8. The molecule has 0 saturated carbocycles. The Morgan fingerprint density at radius 1 is 0.323 bits per heavy atom. The summed E-state index contributed by atoms with van der Waals surface area (Å²) >= 11 is 0. The molecule has 0 spiro atoms. The molecule has 0 fully saturated rings. The van der Waals surface area contributed by atoms with Gasteiger partial charge in [-0.25, -0.2) is 0 Å². The number of hydrogen-bond donors (Lipinski definition) is 0. The van der Waals surface area contributed by atoms with Gasteiger partial charge in [0.05, 0.1) is 0 Å². The molecule has 0 amide bonds. The van der Waals surface area contributed by atoms with E-state index in [4.69, 9.17) is 14.2 Å². The minimum Gasteiger partial charge on any atom is -0.462 e. The fourth-order valence-corrected chi connectivity index (χ4v) is 7.10. The molecule has 370 valence electrons. The van der Waals surface area contributed by atoms with E-state index in [1.54, 1.807) is 0 Å². The molecule has 0 radical (unpaired) electrons. The number of unbranched alkanes of at least 4 members (excludes halogenated alkanes) is 20. The summed E-state index contributed by atoms with van der Waals surface area (Å²) in [7, 11) is 0. The number of rotatable bonds is 47. The van der Waals surface area contributed by atoms with Gasteiger partial charge in [-0.1, -0.05) is 234 Å². The highest BCUT2D eigenvalue weighted by molar-refractivity contribution is 5.71. The summed E-state index contributed by atoms with van der Waals surface area (Å²) in [6.07, 6.45) is 70.4. The average molecular weight is 903 g/mol. The zero-order valence-corrected chi connectivity index (χ0v) is 42.2. The van der Waals surface area contributed by atoms with Crippen LogP contribution in [0.15, 0.2) is 97.2 Å². The third-order valence-electron chi connectivity index (χ3n) is 11.1. The van der Waals surface area contributed by atoms with Gasteiger partial charge in [0.15, 0.2) is 6.10 Å². The standard InChI is InChI=1S/C59H98O6/c1-4-7-10-13-15-16-17-18-19-20-21-22-23-24-25-26-27-28-29-30-31-32-33-34-35-36-37-38-39-40-41-42-44-46-49-52-58(61)64-55-56(54-63-57(60)51-48-45-12-9-6-3)65-59(62)53-50-47-43-14-11-8-5-2/h7,10,15-16,18-19,21-22,24-25,27-28,30-31,33-34,56H,4-6,8-9,11-14,17,20,23,26,29,32,35-55H2,1-3H3/b10-7-,16-15-,19-18-,22-21-,25-24-,28-27-,31-30-,34-33-. The van der Waals surface area contributed by atoms with E-state index in [1.807, 2.05) is 0 Å². The summed E-state index contributed by atoms with van der Waals surface area (Å²) in [6, 6.07) is 0. The Morgan fingerprint density at radius 2 is 0.600 bits per heavy atom. The van der Waals surface area contributed by atoms with Gasteiger partial charge in [-0.3, -0.25) is 14.4 Å². The molecular weight excluding hydrogens is 805 g/mol. The van der Waals surface area contributed by atoms with E-state index in [1.165, 1.54) is 83.5 Å². The first-order valence-corrected chi connectivity index (χ1v) is 26.7. The van der Waals surface area contributed by atoms with Crippen molar-refractivity contribution in [2.75, 3.05) is 13.2 Å². The highest BCUT2D eigenvalue weighted by atomic mass is 16.6. The van der Waals surface area contributed by atoms with Gasteiger partial charge in [0, 0.05) is 19.3 Å². The zero-order valence-electron chi connectivity index (χ0n) is 42.2. The molecule has 0 N–H and O–H groups in total. The van der Waals surface area contributed by atoms with Gasteiger partial charge in [0.2, 0.25) is 0 Å². The smallest absolute Gasteiger partial charge is 0.306 e. The number of carbonyl (C=O) groups excluding carboxylic acids is 3.